The van der Waals surface area contributed by atoms with E-state index in [4.69, 9.17) is 14.5 Å². The molecular formula is C25H28N8O3. The van der Waals surface area contributed by atoms with E-state index in [0.29, 0.717) is 18.2 Å². The number of ether oxygens (including phenoxy) is 2. The van der Waals surface area contributed by atoms with Crippen LogP contribution in [0.4, 0.5) is 11.6 Å². The predicted octanol–water partition coefficient (Wildman–Crippen LogP) is 2.98. The molecule has 3 aromatic rings. The minimum atomic E-state index is -0.349. The van der Waals surface area contributed by atoms with Crippen LogP contribution in [-0.2, 0) is 4.74 Å². The first-order chi connectivity index (χ1) is 17.8. The molecule has 6 rings (SSSR count). The van der Waals surface area contributed by atoms with Crippen LogP contribution in [0.5, 0.6) is 5.75 Å². The number of hydrogen-bond donors (Lipinski definition) is 4. The Labute approximate surface area is 208 Å². The fourth-order valence-electron chi connectivity index (χ4n) is 4.73. The Kier molecular flexibility index (Phi) is 6.31. The van der Waals surface area contributed by atoms with Gasteiger partial charge in [-0.3, -0.25) is 10.4 Å². The van der Waals surface area contributed by atoms with E-state index in [2.05, 4.69) is 36.4 Å². The zero-order chi connectivity index (χ0) is 24.3. The van der Waals surface area contributed by atoms with E-state index in [1.807, 2.05) is 36.4 Å². The molecule has 1 saturated heterocycles. The number of anilines is 2. The van der Waals surface area contributed by atoms with Crippen LogP contribution in [0.25, 0.3) is 10.9 Å². The Morgan fingerprint density at radius 3 is 2.92 bits per heavy atom. The maximum absolute atomic E-state index is 9.81. The molecule has 3 aliphatic rings. The molecule has 4 heterocycles. The molecule has 0 radical (unpaired) electrons. The van der Waals surface area contributed by atoms with E-state index in [-0.39, 0.29) is 30.9 Å². The molecule has 186 valence electrons. The standard InChI is InChI=1S/C25H28N8O3/c34-13-21-24(32-33-31-21)19-9-16-11-28-25(29-17-3-1-2-15(8-17)23-12-27-14-35-23)30-20(16)10-22(19)36-18-4-6-26-7-5-18/h1-3,8-11,14,18,21,23-24,26,34H,4-7,12-13H2,(H,31,32)(H,28,29,30). The molecule has 4 N–H and O–H groups in total. The van der Waals surface area contributed by atoms with E-state index in [9.17, 15) is 5.11 Å². The topological polar surface area (TPSA) is 138 Å². The molecule has 0 spiro atoms. The van der Waals surface area contributed by atoms with E-state index in [0.717, 1.165) is 53.6 Å². The van der Waals surface area contributed by atoms with Gasteiger partial charge in [-0.05, 0) is 49.7 Å². The molecule has 3 atom stereocenters. The zero-order valence-electron chi connectivity index (χ0n) is 19.7. The van der Waals surface area contributed by atoms with Gasteiger partial charge < -0.3 is 25.2 Å². The summed E-state index contributed by atoms with van der Waals surface area (Å²) in [5, 5.41) is 25.6. The summed E-state index contributed by atoms with van der Waals surface area (Å²) >= 11 is 0. The number of fused-ring (bicyclic) bond motifs is 1. The molecule has 11 heteroatoms. The van der Waals surface area contributed by atoms with Crippen molar-refractivity contribution in [3.8, 4) is 5.75 Å². The predicted molar refractivity (Wildman–Crippen MR) is 135 cm³/mol. The zero-order valence-corrected chi connectivity index (χ0v) is 19.7. The van der Waals surface area contributed by atoms with Gasteiger partial charge in [0.2, 0.25) is 5.95 Å². The van der Waals surface area contributed by atoms with Crippen LogP contribution in [0, 0.1) is 0 Å². The van der Waals surface area contributed by atoms with Gasteiger partial charge in [0.1, 0.15) is 24.0 Å². The van der Waals surface area contributed by atoms with E-state index < -0.39 is 0 Å². The highest BCUT2D eigenvalue weighted by Gasteiger charge is 2.31. The van der Waals surface area contributed by atoms with Crippen molar-refractivity contribution in [3.05, 3.63) is 53.7 Å². The molecule has 3 aliphatic heterocycles. The largest absolute Gasteiger partial charge is 0.490 e. The van der Waals surface area contributed by atoms with Gasteiger partial charge in [0.15, 0.2) is 6.40 Å². The summed E-state index contributed by atoms with van der Waals surface area (Å²) in [6, 6.07) is 11.3. The number of rotatable bonds is 7. The normalized spacial score (nSPS) is 23.5. The lowest BCUT2D eigenvalue weighted by atomic mass is 9.98. The number of nitrogens with zero attached hydrogens (tertiary/aromatic N) is 5. The Hall–Kier alpha value is -3.83. The quantitative estimate of drug-likeness (QED) is 0.398. The first-order valence-corrected chi connectivity index (χ1v) is 12.2. The second kappa shape index (κ2) is 10.0. The average Bonchev–Trinajstić information content (AvgIpc) is 3.62. The number of hydrogen-bond acceptors (Lipinski definition) is 11. The Morgan fingerprint density at radius 2 is 2.08 bits per heavy atom. The minimum absolute atomic E-state index is 0.0673. The first-order valence-electron chi connectivity index (χ1n) is 12.2. The van der Waals surface area contributed by atoms with Gasteiger partial charge >= 0.3 is 0 Å². The molecule has 0 aliphatic carbocycles. The summed E-state index contributed by atoms with van der Waals surface area (Å²) in [6.07, 6.45) is 5.17. The third-order valence-electron chi connectivity index (χ3n) is 6.68. The maximum atomic E-state index is 9.81. The number of aliphatic hydroxyl groups is 1. The van der Waals surface area contributed by atoms with Gasteiger partial charge in [0.05, 0.1) is 24.7 Å². The van der Waals surface area contributed by atoms with Gasteiger partial charge in [0, 0.05) is 28.9 Å². The van der Waals surface area contributed by atoms with Gasteiger partial charge in [-0.1, -0.05) is 17.4 Å². The Bertz CT molecular complexity index is 1290. The van der Waals surface area contributed by atoms with E-state index in [1.54, 1.807) is 6.20 Å². The molecule has 2 aromatic carbocycles. The molecule has 3 unspecified atom stereocenters. The molecule has 36 heavy (non-hydrogen) atoms. The first kappa shape index (κ1) is 22.6. The van der Waals surface area contributed by atoms with Crippen molar-refractivity contribution < 1.29 is 14.6 Å². The summed E-state index contributed by atoms with van der Waals surface area (Å²) in [5.41, 5.74) is 6.41. The van der Waals surface area contributed by atoms with Crippen molar-refractivity contribution in [1.82, 2.24) is 20.7 Å². The van der Waals surface area contributed by atoms with Gasteiger partial charge in [-0.15, -0.1) is 0 Å². The molecule has 1 aromatic heterocycles. The van der Waals surface area contributed by atoms with Crippen molar-refractivity contribution in [1.29, 1.82) is 0 Å². The smallest absolute Gasteiger partial charge is 0.227 e. The lowest BCUT2D eigenvalue weighted by molar-refractivity contribution is 0.159. The molecule has 0 bridgehead atoms. The fourth-order valence-corrected chi connectivity index (χ4v) is 4.73. The van der Waals surface area contributed by atoms with Crippen LogP contribution in [0.1, 0.15) is 36.1 Å². The highest BCUT2D eigenvalue weighted by atomic mass is 16.5. The number of benzene rings is 2. The molecule has 0 amide bonds. The summed E-state index contributed by atoms with van der Waals surface area (Å²) in [5.74, 6) is 1.20. The van der Waals surface area contributed by atoms with Crippen molar-refractivity contribution >= 4 is 28.9 Å². The Balaban J connectivity index is 1.31. The molecule has 11 nitrogen and oxygen atoms in total. The van der Waals surface area contributed by atoms with Crippen molar-refractivity contribution in [3.63, 3.8) is 0 Å². The third kappa shape index (κ3) is 4.67. The van der Waals surface area contributed by atoms with Crippen LogP contribution >= 0.6 is 0 Å². The summed E-state index contributed by atoms with van der Waals surface area (Å²) < 4.78 is 12.0. The summed E-state index contributed by atoms with van der Waals surface area (Å²) in [7, 11) is 0. The maximum Gasteiger partial charge on any atom is 0.227 e. The monoisotopic (exact) mass is 488 g/mol. The second-order valence-electron chi connectivity index (χ2n) is 9.13. The van der Waals surface area contributed by atoms with Crippen LogP contribution < -0.4 is 20.8 Å². The van der Waals surface area contributed by atoms with Gasteiger partial charge in [-0.25, -0.2) is 9.97 Å². The van der Waals surface area contributed by atoms with E-state index in [1.165, 1.54) is 6.40 Å². The minimum Gasteiger partial charge on any atom is -0.490 e. The van der Waals surface area contributed by atoms with Gasteiger partial charge in [-0.2, -0.15) is 5.11 Å². The number of aromatic nitrogens is 2. The fraction of sp³-hybridized carbons (Fsp3) is 0.400. The molecule has 0 saturated carbocycles. The van der Waals surface area contributed by atoms with Crippen LogP contribution in [0.15, 0.2) is 57.9 Å². The number of piperidine rings is 1. The van der Waals surface area contributed by atoms with Gasteiger partial charge in [0.25, 0.3) is 0 Å². The summed E-state index contributed by atoms with van der Waals surface area (Å²) in [6.45, 7) is 2.37. The number of aliphatic hydroxyl groups excluding tert-OH is 1. The lowest BCUT2D eigenvalue weighted by Gasteiger charge is -2.26. The second-order valence-corrected chi connectivity index (χ2v) is 9.13. The SMILES string of the molecule is OCC1NN=NC1c1cc2cnc(Nc3cccc(C4CN=CO4)c3)nc2cc1OC1CCNCC1. The average molecular weight is 489 g/mol. The van der Waals surface area contributed by atoms with E-state index >= 15 is 0 Å². The van der Waals surface area contributed by atoms with Crippen LogP contribution in [0.3, 0.4) is 0 Å². The third-order valence-corrected chi connectivity index (χ3v) is 6.68. The number of nitrogens with one attached hydrogen (secondary N) is 3. The van der Waals surface area contributed by atoms with Crippen molar-refractivity contribution in [2.24, 2.45) is 15.3 Å². The van der Waals surface area contributed by atoms with Crippen molar-refractivity contribution in [2.75, 3.05) is 31.6 Å². The lowest BCUT2D eigenvalue weighted by Crippen LogP contribution is -2.34. The Morgan fingerprint density at radius 1 is 1.17 bits per heavy atom. The molecule has 1 fully saturated rings. The van der Waals surface area contributed by atoms with Crippen LogP contribution in [0.2, 0.25) is 0 Å². The highest BCUT2D eigenvalue weighted by Crippen LogP contribution is 2.37. The molecular weight excluding hydrogens is 460 g/mol. The number of aliphatic imine (C=N–C) groups is 1. The highest BCUT2D eigenvalue weighted by molar-refractivity contribution is 5.82. The summed E-state index contributed by atoms with van der Waals surface area (Å²) in [4.78, 5) is 13.5. The van der Waals surface area contributed by atoms with Crippen LogP contribution in [-0.4, -0.2) is 59.9 Å². The van der Waals surface area contributed by atoms with Crippen molar-refractivity contribution in [2.45, 2.75) is 37.1 Å².